The molecule has 2 rings (SSSR count). The van der Waals surface area contributed by atoms with Crippen molar-refractivity contribution in [3.8, 4) is 0 Å². The van der Waals surface area contributed by atoms with Crippen molar-refractivity contribution in [1.82, 2.24) is 0 Å². The first-order chi connectivity index (χ1) is 6.90. The van der Waals surface area contributed by atoms with Crippen molar-refractivity contribution in [2.45, 2.75) is 0 Å². The Labute approximate surface area is 88.6 Å². The second-order valence-corrected chi connectivity index (χ2v) is 3.04. The summed E-state index contributed by atoms with van der Waals surface area (Å²) in [5.74, 6) is 0.755. The molecule has 0 spiro atoms. The fourth-order valence-electron chi connectivity index (χ4n) is 1.37. The van der Waals surface area contributed by atoms with Crippen molar-refractivity contribution in [1.29, 1.82) is 0 Å². The molecule has 0 atom stereocenters. The van der Waals surface area contributed by atoms with E-state index in [1.807, 2.05) is 30.5 Å². The Kier molecular flexibility index (Phi) is 4.00. The van der Waals surface area contributed by atoms with E-state index in [1.165, 1.54) is 0 Å². The zero-order valence-corrected chi connectivity index (χ0v) is 8.60. The van der Waals surface area contributed by atoms with Crippen LogP contribution < -0.4 is 0 Å². The summed E-state index contributed by atoms with van der Waals surface area (Å²) >= 11 is 0. The number of ether oxygens (including phenoxy) is 1. The largest absolute Gasteiger partial charge is 0.476 e. The Bertz CT molecular complexity index is 369. The average Bonchev–Trinajstić information content (AvgIpc) is 2.72. The minimum Gasteiger partial charge on any atom is -0.476 e. The van der Waals surface area contributed by atoms with Crippen molar-refractivity contribution >= 4 is 12.1 Å². The predicted molar refractivity (Wildman–Crippen MR) is 60.9 cm³/mol. The predicted octanol–water partition coefficient (Wildman–Crippen LogP) is 0.687. The van der Waals surface area contributed by atoms with Gasteiger partial charge in [0.1, 0.15) is 6.61 Å². The van der Waals surface area contributed by atoms with Crippen LogP contribution in [0.15, 0.2) is 34.3 Å². The normalized spacial score (nSPS) is 14.6. The third-order valence-corrected chi connectivity index (χ3v) is 2.02. The molecule has 0 bridgehead atoms. The number of rotatable bonds is 2. The van der Waals surface area contributed by atoms with Gasteiger partial charge in [-0.05, 0) is 17.7 Å². The topological polar surface area (TPSA) is 65.5 Å². The van der Waals surface area contributed by atoms with Crippen LogP contribution in [0, 0.1) is 0 Å². The van der Waals surface area contributed by atoms with Crippen LogP contribution in [0.5, 0.6) is 0 Å². The first kappa shape index (κ1) is 11.4. The first-order valence-electron chi connectivity index (χ1n) is 4.60. The lowest BCUT2D eigenvalue weighted by Gasteiger charge is -2.01. The highest BCUT2D eigenvalue weighted by Crippen LogP contribution is 2.08. The van der Waals surface area contributed by atoms with E-state index in [9.17, 15) is 0 Å². The molecule has 1 aromatic carbocycles. The van der Waals surface area contributed by atoms with E-state index in [0.29, 0.717) is 6.61 Å². The molecule has 0 radical (unpaired) electrons. The Hall–Kier alpha value is -1.68. The quantitative estimate of drug-likeness (QED) is 0.656. The van der Waals surface area contributed by atoms with E-state index >= 15 is 0 Å². The summed E-state index contributed by atoms with van der Waals surface area (Å²) in [6, 6.07) is 8.02. The summed E-state index contributed by atoms with van der Waals surface area (Å²) in [5, 5.41) is 0. The molecule has 0 saturated carbocycles. The fourth-order valence-corrected chi connectivity index (χ4v) is 1.37. The standard InChI is InChI=1S/C11H12N2O.H2O/c1-12-8-9-2-4-10(5-3-9)11-13-6-7-14-11;/h2-5,8H,6-7H2,1H3;1H2. The molecule has 2 N–H and O–H groups in total. The highest BCUT2D eigenvalue weighted by Gasteiger charge is 2.08. The van der Waals surface area contributed by atoms with E-state index in [1.54, 1.807) is 7.05 Å². The number of hydrogen-bond acceptors (Lipinski definition) is 3. The molecule has 1 aliphatic rings. The zero-order valence-electron chi connectivity index (χ0n) is 8.60. The number of benzene rings is 1. The van der Waals surface area contributed by atoms with Crippen LogP contribution >= 0.6 is 0 Å². The van der Waals surface area contributed by atoms with Crippen LogP contribution in [0.2, 0.25) is 0 Å². The fraction of sp³-hybridized carbons (Fsp3) is 0.273. The highest BCUT2D eigenvalue weighted by molar-refractivity contribution is 5.95. The molecule has 0 aliphatic carbocycles. The lowest BCUT2D eigenvalue weighted by atomic mass is 10.1. The van der Waals surface area contributed by atoms with Crippen LogP contribution in [0.1, 0.15) is 11.1 Å². The third-order valence-electron chi connectivity index (χ3n) is 2.02. The Morgan fingerprint density at radius 3 is 2.60 bits per heavy atom. The van der Waals surface area contributed by atoms with Gasteiger partial charge in [-0.1, -0.05) is 12.1 Å². The maximum Gasteiger partial charge on any atom is 0.216 e. The van der Waals surface area contributed by atoms with Crippen molar-refractivity contribution in [2.75, 3.05) is 20.2 Å². The molecule has 4 heteroatoms. The van der Waals surface area contributed by atoms with Gasteiger partial charge in [0, 0.05) is 18.8 Å². The smallest absolute Gasteiger partial charge is 0.216 e. The molecule has 0 amide bonds. The molecular weight excluding hydrogens is 192 g/mol. The molecule has 80 valence electrons. The van der Waals surface area contributed by atoms with Crippen molar-refractivity contribution in [3.63, 3.8) is 0 Å². The third kappa shape index (κ3) is 2.63. The monoisotopic (exact) mass is 206 g/mol. The number of aliphatic imine (C=N–C) groups is 2. The average molecular weight is 206 g/mol. The van der Waals surface area contributed by atoms with Gasteiger partial charge in [0.25, 0.3) is 0 Å². The Morgan fingerprint density at radius 1 is 1.33 bits per heavy atom. The minimum atomic E-state index is 0. The highest BCUT2D eigenvalue weighted by atomic mass is 16.5. The lowest BCUT2D eigenvalue weighted by molar-refractivity contribution is 0.348. The molecule has 15 heavy (non-hydrogen) atoms. The number of nitrogens with zero attached hydrogens (tertiary/aromatic N) is 2. The summed E-state index contributed by atoms with van der Waals surface area (Å²) in [6.07, 6.45) is 1.82. The second kappa shape index (κ2) is 5.26. The van der Waals surface area contributed by atoms with E-state index in [0.717, 1.165) is 23.6 Å². The van der Waals surface area contributed by atoms with Gasteiger partial charge in [0.2, 0.25) is 5.90 Å². The summed E-state index contributed by atoms with van der Waals surface area (Å²) in [6.45, 7) is 1.47. The maximum absolute atomic E-state index is 5.36. The van der Waals surface area contributed by atoms with Crippen molar-refractivity contribution in [2.24, 2.45) is 9.98 Å². The van der Waals surface area contributed by atoms with E-state index in [-0.39, 0.29) is 5.48 Å². The van der Waals surface area contributed by atoms with Gasteiger partial charge in [-0.25, -0.2) is 4.99 Å². The van der Waals surface area contributed by atoms with Gasteiger partial charge in [-0.15, -0.1) is 0 Å². The molecule has 0 saturated heterocycles. The molecule has 4 nitrogen and oxygen atoms in total. The van der Waals surface area contributed by atoms with Gasteiger partial charge in [0.05, 0.1) is 6.54 Å². The summed E-state index contributed by atoms with van der Waals surface area (Å²) in [5.41, 5.74) is 2.13. The zero-order chi connectivity index (χ0) is 9.80. The minimum absolute atomic E-state index is 0. The van der Waals surface area contributed by atoms with E-state index < -0.39 is 0 Å². The van der Waals surface area contributed by atoms with Crippen molar-refractivity contribution < 1.29 is 10.2 Å². The summed E-state index contributed by atoms with van der Waals surface area (Å²) in [4.78, 5) is 8.19. The number of hydrogen-bond donors (Lipinski definition) is 0. The van der Waals surface area contributed by atoms with Crippen LogP contribution in [0.25, 0.3) is 0 Å². The van der Waals surface area contributed by atoms with Gasteiger partial charge in [-0.2, -0.15) is 0 Å². The SMILES string of the molecule is CN=Cc1ccc(C2=NCCO2)cc1.O. The van der Waals surface area contributed by atoms with E-state index in [4.69, 9.17) is 4.74 Å². The summed E-state index contributed by atoms with van der Waals surface area (Å²) < 4.78 is 5.36. The lowest BCUT2D eigenvalue weighted by Crippen LogP contribution is -2.00. The molecule has 1 aliphatic heterocycles. The second-order valence-electron chi connectivity index (χ2n) is 3.04. The van der Waals surface area contributed by atoms with Gasteiger partial charge >= 0.3 is 0 Å². The van der Waals surface area contributed by atoms with Crippen LogP contribution in [0.4, 0.5) is 0 Å². The van der Waals surface area contributed by atoms with Crippen LogP contribution in [0.3, 0.4) is 0 Å². The Morgan fingerprint density at radius 2 is 2.07 bits per heavy atom. The molecule has 1 heterocycles. The van der Waals surface area contributed by atoms with Crippen LogP contribution in [-0.4, -0.2) is 37.8 Å². The van der Waals surface area contributed by atoms with E-state index in [2.05, 4.69) is 9.98 Å². The first-order valence-corrected chi connectivity index (χ1v) is 4.60. The maximum atomic E-state index is 5.36. The molecule has 0 fully saturated rings. The van der Waals surface area contributed by atoms with Gasteiger partial charge in [0.15, 0.2) is 0 Å². The molecular formula is C11H14N2O2. The van der Waals surface area contributed by atoms with Gasteiger partial charge in [-0.3, -0.25) is 4.99 Å². The Balaban J connectivity index is 0.00000112. The van der Waals surface area contributed by atoms with Crippen molar-refractivity contribution in [3.05, 3.63) is 35.4 Å². The van der Waals surface area contributed by atoms with Crippen LogP contribution in [-0.2, 0) is 4.74 Å². The summed E-state index contributed by atoms with van der Waals surface area (Å²) in [7, 11) is 1.76. The molecule has 1 aromatic rings. The molecule has 0 aromatic heterocycles. The molecule has 0 unspecified atom stereocenters. The van der Waals surface area contributed by atoms with Gasteiger partial charge < -0.3 is 10.2 Å².